The molecule has 8 heterocycles. The number of rotatable bonds is 9. The molecule has 4 fully saturated rings. The van der Waals surface area contributed by atoms with Crippen LogP contribution in [0.15, 0.2) is 29.8 Å². The van der Waals surface area contributed by atoms with Gasteiger partial charge in [0.2, 0.25) is 11.8 Å². The number of ether oxygens (including phenoxy) is 2. The maximum atomic E-state index is 14.3. The molecule has 358 valence electrons. The van der Waals surface area contributed by atoms with E-state index < -0.39 is 17.5 Å². The van der Waals surface area contributed by atoms with Crippen molar-refractivity contribution in [3.05, 3.63) is 51.6 Å². The van der Waals surface area contributed by atoms with Crippen molar-refractivity contribution in [2.45, 2.75) is 111 Å². The molecule has 10 rings (SSSR count). The average molecular weight is 934 g/mol. The minimum absolute atomic E-state index is 0.112. The van der Waals surface area contributed by atoms with Crippen molar-refractivity contribution in [2.75, 3.05) is 71.0 Å². The van der Waals surface area contributed by atoms with E-state index in [2.05, 4.69) is 83.3 Å². The molecule has 4 aromatic rings. The fourth-order valence-corrected chi connectivity index (χ4v) is 12.2. The molecular weight excluding hydrogens is 867 g/mol. The van der Waals surface area contributed by atoms with Crippen LogP contribution in [0.4, 0.5) is 5.69 Å². The summed E-state index contributed by atoms with van der Waals surface area (Å²) < 4.78 is 14.8. The van der Waals surface area contributed by atoms with Crippen LogP contribution in [0.1, 0.15) is 94.7 Å². The van der Waals surface area contributed by atoms with Crippen molar-refractivity contribution in [3.63, 3.8) is 0 Å². The molecule has 6 aliphatic rings. The molecule has 1 unspecified atom stereocenters. The van der Waals surface area contributed by atoms with Crippen LogP contribution < -0.4 is 15.6 Å². The molecule has 5 aliphatic heterocycles. The third-order valence-electron chi connectivity index (χ3n) is 15.6. The van der Waals surface area contributed by atoms with Gasteiger partial charge in [0.25, 0.3) is 5.91 Å². The van der Waals surface area contributed by atoms with Crippen molar-refractivity contribution in [2.24, 2.45) is 23.2 Å². The summed E-state index contributed by atoms with van der Waals surface area (Å²) >= 11 is 1.51. The minimum atomic E-state index is -0.845. The van der Waals surface area contributed by atoms with Crippen LogP contribution in [0, 0.1) is 23.2 Å². The number of nitrogens with one attached hydrogen (secondary N) is 2. The third-order valence-corrected chi connectivity index (χ3v) is 16.5. The van der Waals surface area contributed by atoms with Crippen molar-refractivity contribution in [1.29, 1.82) is 0 Å². The number of likely N-dealkylation sites (tertiary alicyclic amines) is 1. The molecule has 3 amide bonds. The SMILES string of the molecule is CO[C@@H](C)c1ncc(N2CCN(CCN3CCCC3=O)CC2)cc1-c1c2c3cc(cc4c3n1CCC4)-c1csc(n1)C[C@H](NC(=O)C1[C@@H](C)[C@H]1C)C(=O)N1CCC[C@H](N1)C(=O)OCC(C)(C)C2. The smallest absolute Gasteiger partial charge is 0.324 e. The van der Waals surface area contributed by atoms with Crippen LogP contribution in [-0.2, 0) is 54.5 Å². The predicted molar refractivity (Wildman–Crippen MR) is 258 cm³/mol. The first kappa shape index (κ1) is 45.9. The van der Waals surface area contributed by atoms with Gasteiger partial charge >= 0.3 is 5.97 Å². The number of hydrogen-bond donors (Lipinski definition) is 2. The number of fused-ring (bicyclic) bond motifs is 6. The Morgan fingerprint density at radius 3 is 2.54 bits per heavy atom. The molecule has 3 saturated heterocycles. The highest BCUT2D eigenvalue weighted by Crippen LogP contribution is 2.47. The lowest BCUT2D eigenvalue weighted by Gasteiger charge is -2.37. The Hall–Kier alpha value is -4.90. The molecule has 6 bridgehead atoms. The number of nitrogens with zero attached hydrogens (tertiary/aromatic N) is 7. The Labute approximate surface area is 397 Å². The summed E-state index contributed by atoms with van der Waals surface area (Å²) in [5.41, 5.74) is 12.4. The highest BCUT2D eigenvalue weighted by molar-refractivity contribution is 7.10. The molecule has 67 heavy (non-hydrogen) atoms. The van der Waals surface area contributed by atoms with Gasteiger partial charge in [-0.25, -0.2) is 10.4 Å². The number of aromatic nitrogens is 3. The van der Waals surface area contributed by atoms with Gasteiger partial charge in [-0.3, -0.25) is 34.1 Å². The van der Waals surface area contributed by atoms with E-state index >= 15 is 0 Å². The van der Waals surface area contributed by atoms with Gasteiger partial charge < -0.3 is 29.2 Å². The van der Waals surface area contributed by atoms with E-state index in [0.29, 0.717) is 32.2 Å². The largest absolute Gasteiger partial charge is 0.464 e. The van der Waals surface area contributed by atoms with Crippen molar-refractivity contribution in [1.82, 2.24) is 40.1 Å². The van der Waals surface area contributed by atoms with Gasteiger partial charge in [0.15, 0.2) is 0 Å². The lowest BCUT2D eigenvalue weighted by molar-refractivity contribution is -0.155. The molecule has 3 aromatic heterocycles. The number of hydrogen-bond acceptors (Lipinski definition) is 12. The van der Waals surface area contributed by atoms with Gasteiger partial charge in [0, 0.05) is 112 Å². The summed E-state index contributed by atoms with van der Waals surface area (Å²) in [5, 5.41) is 8.62. The van der Waals surface area contributed by atoms with E-state index in [0.717, 1.165) is 116 Å². The van der Waals surface area contributed by atoms with E-state index in [-0.39, 0.29) is 60.6 Å². The second-order valence-electron chi connectivity index (χ2n) is 20.8. The average Bonchev–Trinajstić information content (AvgIpc) is 3.73. The number of pyridine rings is 1. The van der Waals surface area contributed by atoms with Crippen molar-refractivity contribution < 1.29 is 28.7 Å². The number of amides is 3. The molecule has 1 saturated carbocycles. The fourth-order valence-electron chi connectivity index (χ4n) is 11.3. The highest BCUT2D eigenvalue weighted by Gasteiger charge is 2.49. The number of methoxy groups -OCH3 is 1. The Morgan fingerprint density at radius 2 is 1.79 bits per heavy atom. The molecule has 16 heteroatoms. The van der Waals surface area contributed by atoms with E-state index in [9.17, 15) is 19.2 Å². The molecular formula is C51H67N9O6S. The molecule has 0 spiro atoms. The van der Waals surface area contributed by atoms with E-state index in [4.69, 9.17) is 19.4 Å². The van der Waals surface area contributed by atoms with Crippen LogP contribution in [0.5, 0.6) is 0 Å². The zero-order valence-electron chi connectivity index (χ0n) is 40.1. The number of carbonyl (C=O) groups is 4. The number of anilines is 1. The van der Waals surface area contributed by atoms with Crippen LogP contribution in [0.2, 0.25) is 0 Å². The first-order valence-electron chi connectivity index (χ1n) is 24.7. The number of hydrazine groups is 1. The topological polar surface area (TPSA) is 154 Å². The maximum Gasteiger partial charge on any atom is 0.324 e. The zero-order chi connectivity index (χ0) is 46.7. The number of piperazine rings is 1. The van der Waals surface area contributed by atoms with Gasteiger partial charge in [0.05, 0.1) is 52.2 Å². The van der Waals surface area contributed by atoms with Crippen molar-refractivity contribution in [3.8, 4) is 22.5 Å². The molecule has 15 nitrogen and oxygen atoms in total. The first-order chi connectivity index (χ1) is 32.3. The standard InChI is InChI=1S/C51H67N9O6S/c1-30-31(2)44(30)48(62)54-40-25-42-53-41(28-67-42)34-22-33-10-7-14-59-46(33)36(23-34)38(26-51(4,5)29-66-50(64)39-11-8-15-60(55-39)49(40)63)47(59)37-24-35(27-52-45(37)32(3)65-6)57-19-16-56(17-20-57)18-21-58-13-9-12-43(58)61/h22-24,27-28,30-32,39-40,44,55H,7-21,25-26,29H2,1-6H3,(H,54,62)/t30-,31+,32-,39-,40-,44?/m0/s1. The number of cyclic esters (lactones) is 1. The van der Waals surface area contributed by atoms with Gasteiger partial charge in [0.1, 0.15) is 12.1 Å². The Bertz CT molecular complexity index is 2560. The second kappa shape index (κ2) is 18.5. The predicted octanol–water partition coefficient (Wildman–Crippen LogP) is 5.78. The summed E-state index contributed by atoms with van der Waals surface area (Å²) in [5.74, 6) is -0.108. The van der Waals surface area contributed by atoms with E-state index in [1.54, 1.807) is 7.11 Å². The van der Waals surface area contributed by atoms with Crippen LogP contribution >= 0.6 is 11.3 Å². The highest BCUT2D eigenvalue weighted by atomic mass is 32.1. The summed E-state index contributed by atoms with van der Waals surface area (Å²) in [7, 11) is 1.74. The summed E-state index contributed by atoms with van der Waals surface area (Å²) in [4.78, 5) is 71.5. The van der Waals surface area contributed by atoms with Gasteiger partial charge in [-0.15, -0.1) is 11.3 Å². The summed E-state index contributed by atoms with van der Waals surface area (Å²) in [6, 6.07) is 5.36. The molecule has 1 aromatic carbocycles. The Kier molecular flexibility index (Phi) is 12.7. The Balaban J connectivity index is 1.04. The van der Waals surface area contributed by atoms with E-state index in [1.165, 1.54) is 33.0 Å². The minimum Gasteiger partial charge on any atom is -0.464 e. The van der Waals surface area contributed by atoms with Crippen molar-refractivity contribution >= 4 is 51.6 Å². The number of esters is 1. The fraction of sp³-hybridized carbons (Fsp3) is 0.608. The summed E-state index contributed by atoms with van der Waals surface area (Å²) in [6.07, 6.45) is 7.28. The third kappa shape index (κ3) is 9.10. The van der Waals surface area contributed by atoms with Gasteiger partial charge in [-0.2, -0.15) is 0 Å². The number of thiazole rings is 1. The molecule has 2 N–H and O–H groups in total. The maximum absolute atomic E-state index is 14.3. The number of carbonyl (C=O) groups excluding carboxylic acids is 4. The molecule has 0 radical (unpaired) electrons. The lowest BCUT2D eigenvalue weighted by atomic mass is 9.84. The monoisotopic (exact) mass is 933 g/mol. The van der Waals surface area contributed by atoms with Gasteiger partial charge in [-0.05, 0) is 86.6 Å². The number of benzene rings is 1. The molecule has 1 aliphatic carbocycles. The number of aryl methyl sites for hydroxylation is 2. The summed E-state index contributed by atoms with van der Waals surface area (Å²) in [6.45, 7) is 18.1. The van der Waals surface area contributed by atoms with E-state index in [1.807, 2.05) is 11.1 Å². The lowest BCUT2D eigenvalue weighted by Crippen LogP contribution is -2.60. The zero-order valence-corrected chi connectivity index (χ0v) is 40.9. The van der Waals surface area contributed by atoms with Gasteiger partial charge in [-0.1, -0.05) is 27.7 Å². The Morgan fingerprint density at radius 1 is 1.00 bits per heavy atom. The second-order valence-corrected chi connectivity index (χ2v) is 21.8. The van der Waals surface area contributed by atoms with Crippen LogP contribution in [0.3, 0.4) is 0 Å². The van der Waals surface area contributed by atoms with Crippen LogP contribution in [-0.4, -0.2) is 131 Å². The first-order valence-corrected chi connectivity index (χ1v) is 25.6. The quantitative estimate of drug-likeness (QED) is 0.197. The molecule has 6 atom stereocenters. The van der Waals surface area contributed by atoms with Crippen LogP contribution in [0.25, 0.3) is 33.4 Å². The normalized spacial score (nSPS) is 26.1.